The van der Waals surface area contributed by atoms with Crippen LogP contribution in [-0.4, -0.2) is 4.98 Å². The van der Waals surface area contributed by atoms with Gasteiger partial charge in [0.05, 0.1) is 0 Å². The Balaban J connectivity index is 1.87. The number of nitrogens with zero attached hydrogens (tertiary/aromatic N) is 1. The van der Waals surface area contributed by atoms with Gasteiger partial charge in [0.2, 0.25) is 0 Å². The van der Waals surface area contributed by atoms with Crippen LogP contribution < -0.4 is 4.74 Å². The number of pyridine rings is 1. The molecule has 0 aliphatic heterocycles. The summed E-state index contributed by atoms with van der Waals surface area (Å²) in [4.78, 5) is 4.35. The van der Waals surface area contributed by atoms with Crippen LogP contribution in [0.2, 0.25) is 10.0 Å². The Hall–Kier alpha value is -1.77. The van der Waals surface area contributed by atoms with Crippen LogP contribution in [0.3, 0.4) is 0 Å². The van der Waals surface area contributed by atoms with Gasteiger partial charge < -0.3 is 4.74 Å². The zero-order valence-electron chi connectivity index (χ0n) is 10.5. The highest BCUT2D eigenvalue weighted by Gasteiger charge is 2.04. The monoisotopic (exact) mass is 303 g/mol. The lowest BCUT2D eigenvalue weighted by atomic mass is 10.2. The molecule has 1 aromatic heterocycles. The Morgan fingerprint density at radius 3 is 2.50 bits per heavy atom. The van der Waals surface area contributed by atoms with Gasteiger partial charge in [-0.05, 0) is 35.9 Å². The first-order valence-corrected chi connectivity index (χ1v) is 6.89. The van der Waals surface area contributed by atoms with Crippen LogP contribution in [0.1, 0.15) is 5.56 Å². The fourth-order valence-electron chi connectivity index (χ4n) is 2.05. The molecule has 0 bridgehead atoms. The fourth-order valence-corrected chi connectivity index (χ4v) is 2.62. The van der Waals surface area contributed by atoms with Crippen LogP contribution in [-0.2, 0) is 6.61 Å². The summed E-state index contributed by atoms with van der Waals surface area (Å²) in [6, 6.07) is 15.1. The third kappa shape index (κ3) is 2.87. The van der Waals surface area contributed by atoms with Gasteiger partial charge >= 0.3 is 0 Å². The zero-order valence-corrected chi connectivity index (χ0v) is 12.0. The standard InChI is InChI=1S/C16H11Cl2NO/c17-13-7-11(8-14(18)9-13)10-20-15-5-1-3-12-4-2-6-19-16(12)15/h1-9H,10H2. The Morgan fingerprint density at radius 1 is 0.950 bits per heavy atom. The second-order valence-electron chi connectivity index (χ2n) is 4.40. The topological polar surface area (TPSA) is 22.1 Å². The van der Waals surface area contributed by atoms with Crippen LogP contribution in [0.4, 0.5) is 0 Å². The first-order valence-electron chi connectivity index (χ1n) is 6.14. The molecule has 2 nitrogen and oxygen atoms in total. The van der Waals surface area contributed by atoms with Crippen molar-refractivity contribution in [3.8, 4) is 5.75 Å². The van der Waals surface area contributed by atoms with Gasteiger partial charge in [0.15, 0.2) is 0 Å². The molecule has 0 amide bonds. The number of rotatable bonds is 3. The lowest BCUT2D eigenvalue weighted by Crippen LogP contribution is -1.96. The Morgan fingerprint density at radius 2 is 1.70 bits per heavy atom. The number of benzene rings is 2. The van der Waals surface area contributed by atoms with E-state index in [9.17, 15) is 0 Å². The number of fused-ring (bicyclic) bond motifs is 1. The summed E-state index contributed by atoms with van der Waals surface area (Å²) < 4.78 is 5.84. The molecule has 2 aromatic carbocycles. The molecular weight excluding hydrogens is 293 g/mol. The lowest BCUT2D eigenvalue weighted by molar-refractivity contribution is 0.309. The molecule has 100 valence electrons. The quantitative estimate of drug-likeness (QED) is 0.670. The van der Waals surface area contributed by atoms with Gasteiger partial charge in [0.1, 0.15) is 17.9 Å². The molecular formula is C16H11Cl2NO. The first-order chi connectivity index (χ1) is 9.72. The highest BCUT2D eigenvalue weighted by atomic mass is 35.5. The minimum atomic E-state index is 0.399. The van der Waals surface area contributed by atoms with Crippen molar-refractivity contribution in [3.63, 3.8) is 0 Å². The molecule has 0 aliphatic rings. The van der Waals surface area contributed by atoms with Crippen LogP contribution >= 0.6 is 23.2 Å². The van der Waals surface area contributed by atoms with Crippen LogP contribution in [0.15, 0.2) is 54.7 Å². The van der Waals surface area contributed by atoms with Crippen molar-refractivity contribution in [2.24, 2.45) is 0 Å². The molecule has 3 aromatic rings. The van der Waals surface area contributed by atoms with Gasteiger partial charge in [-0.25, -0.2) is 0 Å². The summed E-state index contributed by atoms with van der Waals surface area (Å²) in [5.41, 5.74) is 1.78. The third-order valence-electron chi connectivity index (χ3n) is 2.91. The number of para-hydroxylation sites is 1. The van der Waals surface area contributed by atoms with E-state index in [1.165, 1.54) is 0 Å². The largest absolute Gasteiger partial charge is 0.487 e. The molecule has 0 saturated carbocycles. The van der Waals surface area contributed by atoms with Crippen molar-refractivity contribution in [2.75, 3.05) is 0 Å². The summed E-state index contributed by atoms with van der Waals surface area (Å²) in [7, 11) is 0. The Labute approximate surface area is 126 Å². The predicted molar refractivity (Wildman–Crippen MR) is 82.5 cm³/mol. The summed E-state index contributed by atoms with van der Waals surface area (Å²) >= 11 is 11.9. The highest BCUT2D eigenvalue weighted by Crippen LogP contribution is 2.25. The summed E-state index contributed by atoms with van der Waals surface area (Å²) in [6.07, 6.45) is 1.76. The van der Waals surface area contributed by atoms with Gasteiger partial charge in [-0.2, -0.15) is 0 Å². The lowest BCUT2D eigenvalue weighted by Gasteiger charge is -2.09. The average molecular weight is 304 g/mol. The van der Waals surface area contributed by atoms with Gasteiger partial charge in [0.25, 0.3) is 0 Å². The van der Waals surface area contributed by atoms with E-state index < -0.39 is 0 Å². The molecule has 0 fully saturated rings. The number of hydrogen-bond acceptors (Lipinski definition) is 2. The second-order valence-corrected chi connectivity index (χ2v) is 5.27. The second kappa shape index (κ2) is 5.70. The number of ether oxygens (including phenoxy) is 1. The summed E-state index contributed by atoms with van der Waals surface area (Å²) in [5.74, 6) is 0.749. The maximum absolute atomic E-state index is 5.97. The Kier molecular flexibility index (Phi) is 3.77. The first kappa shape index (κ1) is 13.2. The van der Waals surface area contributed by atoms with Crippen molar-refractivity contribution in [1.29, 1.82) is 0 Å². The summed E-state index contributed by atoms with van der Waals surface area (Å²) in [5, 5.41) is 2.26. The maximum Gasteiger partial charge on any atom is 0.146 e. The van der Waals surface area contributed by atoms with Crippen molar-refractivity contribution in [2.45, 2.75) is 6.61 Å². The van der Waals surface area contributed by atoms with E-state index >= 15 is 0 Å². The minimum absolute atomic E-state index is 0.399. The third-order valence-corrected chi connectivity index (χ3v) is 3.35. The highest BCUT2D eigenvalue weighted by molar-refractivity contribution is 6.34. The Bertz CT molecular complexity index is 733. The molecule has 0 radical (unpaired) electrons. The van der Waals surface area contributed by atoms with Gasteiger partial charge in [-0.15, -0.1) is 0 Å². The molecule has 3 rings (SSSR count). The minimum Gasteiger partial charge on any atom is -0.487 e. The number of aromatic nitrogens is 1. The van der Waals surface area contributed by atoms with E-state index in [4.69, 9.17) is 27.9 Å². The van der Waals surface area contributed by atoms with Gasteiger partial charge in [0, 0.05) is 21.6 Å². The average Bonchev–Trinajstić information content (AvgIpc) is 2.44. The smallest absolute Gasteiger partial charge is 0.146 e. The van der Waals surface area contributed by atoms with E-state index in [0.29, 0.717) is 16.7 Å². The zero-order chi connectivity index (χ0) is 13.9. The van der Waals surface area contributed by atoms with Crippen LogP contribution in [0.5, 0.6) is 5.75 Å². The molecule has 0 atom stereocenters. The predicted octanol–water partition coefficient (Wildman–Crippen LogP) is 5.12. The SMILES string of the molecule is Clc1cc(Cl)cc(COc2cccc3cccnc23)c1. The maximum atomic E-state index is 5.97. The molecule has 0 saturated heterocycles. The van der Waals surface area contributed by atoms with E-state index in [1.54, 1.807) is 12.3 Å². The molecule has 0 spiro atoms. The molecule has 20 heavy (non-hydrogen) atoms. The van der Waals surface area contributed by atoms with E-state index in [1.807, 2.05) is 42.5 Å². The van der Waals surface area contributed by atoms with Gasteiger partial charge in [-0.3, -0.25) is 4.98 Å². The molecule has 0 N–H and O–H groups in total. The van der Waals surface area contributed by atoms with Crippen molar-refractivity contribution in [3.05, 3.63) is 70.3 Å². The molecule has 4 heteroatoms. The molecule has 0 aliphatic carbocycles. The molecule has 0 unspecified atom stereocenters. The van der Waals surface area contributed by atoms with Crippen molar-refractivity contribution >= 4 is 34.1 Å². The van der Waals surface area contributed by atoms with E-state index in [2.05, 4.69) is 4.98 Å². The molecule has 1 heterocycles. The van der Waals surface area contributed by atoms with E-state index in [0.717, 1.165) is 22.2 Å². The van der Waals surface area contributed by atoms with Gasteiger partial charge in [-0.1, -0.05) is 41.4 Å². The van der Waals surface area contributed by atoms with Crippen molar-refractivity contribution < 1.29 is 4.74 Å². The van der Waals surface area contributed by atoms with E-state index in [-0.39, 0.29) is 0 Å². The van der Waals surface area contributed by atoms with Crippen LogP contribution in [0, 0.1) is 0 Å². The van der Waals surface area contributed by atoms with Crippen molar-refractivity contribution in [1.82, 2.24) is 4.98 Å². The number of hydrogen-bond donors (Lipinski definition) is 0. The summed E-state index contributed by atoms with van der Waals surface area (Å²) in [6.45, 7) is 0.399. The fraction of sp³-hybridized carbons (Fsp3) is 0.0625. The number of halogens is 2. The normalized spacial score (nSPS) is 10.7. The van der Waals surface area contributed by atoms with Crippen LogP contribution in [0.25, 0.3) is 10.9 Å².